The average Bonchev–Trinajstić information content (AvgIpc) is 2.47. The molecule has 1 aromatic carbocycles. The molecule has 0 aliphatic carbocycles. The Morgan fingerprint density at radius 3 is 2.93 bits per heavy atom. The van der Waals surface area contributed by atoms with E-state index in [1.54, 1.807) is 17.8 Å². The quantitative estimate of drug-likeness (QED) is 0.655. The van der Waals surface area contributed by atoms with Gasteiger partial charge in [0.1, 0.15) is 0 Å². The molecule has 0 unspecified atom stereocenters. The minimum atomic E-state index is -0.990. The van der Waals surface area contributed by atoms with E-state index < -0.39 is 5.97 Å². The van der Waals surface area contributed by atoms with E-state index in [1.807, 2.05) is 0 Å². The van der Waals surface area contributed by atoms with Gasteiger partial charge in [-0.25, -0.2) is 4.79 Å². The van der Waals surface area contributed by atoms with Crippen LogP contribution in [0.25, 0.3) is 10.9 Å². The van der Waals surface area contributed by atoms with Gasteiger partial charge < -0.3 is 10.8 Å². The highest BCUT2D eigenvalue weighted by Crippen LogP contribution is 2.21. The average molecular weight is 191 g/mol. The van der Waals surface area contributed by atoms with Gasteiger partial charge in [-0.3, -0.25) is 4.68 Å². The van der Waals surface area contributed by atoms with Gasteiger partial charge in [0.25, 0.3) is 0 Å². The monoisotopic (exact) mass is 191 g/mol. The largest absolute Gasteiger partial charge is 0.478 e. The molecule has 0 aliphatic heterocycles. The second kappa shape index (κ2) is 2.73. The normalized spacial score (nSPS) is 10.6. The van der Waals surface area contributed by atoms with E-state index >= 15 is 0 Å². The standard InChI is InChI=1S/C9H9N3O2/c1-12-8-3-5(10)2-6(9(13)14)7(8)4-11-12/h2-4H,10H2,1H3,(H,13,14). The first-order valence-corrected chi connectivity index (χ1v) is 4.04. The van der Waals surface area contributed by atoms with Crippen LogP contribution in [0.4, 0.5) is 5.69 Å². The number of hydrogen-bond acceptors (Lipinski definition) is 3. The Labute approximate surface area is 79.7 Å². The number of aromatic nitrogens is 2. The Morgan fingerprint density at radius 2 is 2.29 bits per heavy atom. The molecular formula is C9H9N3O2. The van der Waals surface area contributed by atoms with E-state index in [1.165, 1.54) is 12.3 Å². The molecular weight excluding hydrogens is 182 g/mol. The number of hydrogen-bond donors (Lipinski definition) is 2. The van der Waals surface area contributed by atoms with Gasteiger partial charge in [0.05, 0.1) is 17.3 Å². The molecule has 0 radical (unpaired) electrons. The van der Waals surface area contributed by atoms with Crippen molar-refractivity contribution in [2.24, 2.45) is 7.05 Å². The summed E-state index contributed by atoms with van der Waals surface area (Å²) in [5.74, 6) is -0.990. The molecule has 0 atom stereocenters. The van der Waals surface area contributed by atoms with Crippen LogP contribution in [-0.4, -0.2) is 20.9 Å². The van der Waals surface area contributed by atoms with E-state index in [0.717, 1.165) is 5.52 Å². The first kappa shape index (κ1) is 8.55. The molecule has 1 heterocycles. The maximum absolute atomic E-state index is 10.9. The lowest BCUT2D eigenvalue weighted by Gasteiger charge is -2.00. The van der Waals surface area contributed by atoms with Crippen molar-refractivity contribution in [2.45, 2.75) is 0 Å². The first-order valence-electron chi connectivity index (χ1n) is 4.04. The van der Waals surface area contributed by atoms with E-state index in [0.29, 0.717) is 11.1 Å². The lowest BCUT2D eigenvalue weighted by atomic mass is 10.1. The van der Waals surface area contributed by atoms with Crippen molar-refractivity contribution in [1.82, 2.24) is 9.78 Å². The van der Waals surface area contributed by atoms with Crippen molar-refractivity contribution >= 4 is 22.6 Å². The van der Waals surface area contributed by atoms with Crippen LogP contribution in [-0.2, 0) is 7.05 Å². The van der Waals surface area contributed by atoms with Crippen molar-refractivity contribution in [1.29, 1.82) is 0 Å². The number of carboxylic acids is 1. The van der Waals surface area contributed by atoms with Gasteiger partial charge in [0, 0.05) is 18.1 Å². The Hall–Kier alpha value is -2.04. The number of carbonyl (C=O) groups is 1. The summed E-state index contributed by atoms with van der Waals surface area (Å²) in [6.45, 7) is 0. The smallest absolute Gasteiger partial charge is 0.336 e. The summed E-state index contributed by atoms with van der Waals surface area (Å²) in [5.41, 5.74) is 6.93. The number of rotatable bonds is 1. The molecule has 0 amide bonds. The molecule has 5 heteroatoms. The topological polar surface area (TPSA) is 81.1 Å². The Kier molecular flexibility index (Phi) is 1.67. The second-order valence-corrected chi connectivity index (χ2v) is 3.07. The minimum Gasteiger partial charge on any atom is -0.478 e. The number of fused-ring (bicyclic) bond motifs is 1. The highest BCUT2D eigenvalue weighted by Gasteiger charge is 2.12. The lowest BCUT2D eigenvalue weighted by molar-refractivity contribution is 0.0699. The molecule has 2 rings (SSSR count). The van der Waals surface area contributed by atoms with Gasteiger partial charge >= 0.3 is 5.97 Å². The summed E-state index contributed by atoms with van der Waals surface area (Å²) < 4.78 is 1.60. The highest BCUT2D eigenvalue weighted by molar-refractivity contribution is 6.04. The molecule has 0 spiro atoms. The molecule has 0 saturated heterocycles. The number of aryl methyl sites for hydroxylation is 1. The summed E-state index contributed by atoms with van der Waals surface area (Å²) in [6, 6.07) is 3.14. The Morgan fingerprint density at radius 1 is 1.57 bits per heavy atom. The van der Waals surface area contributed by atoms with E-state index in [2.05, 4.69) is 5.10 Å². The first-order chi connectivity index (χ1) is 6.59. The molecule has 0 fully saturated rings. The van der Waals surface area contributed by atoms with Crippen LogP contribution in [0.3, 0.4) is 0 Å². The molecule has 0 saturated carbocycles. The van der Waals surface area contributed by atoms with Crippen LogP contribution < -0.4 is 5.73 Å². The number of anilines is 1. The molecule has 14 heavy (non-hydrogen) atoms. The molecule has 2 aromatic rings. The third-order valence-corrected chi connectivity index (χ3v) is 2.12. The molecule has 0 aliphatic rings. The molecule has 0 bridgehead atoms. The summed E-state index contributed by atoms with van der Waals surface area (Å²) >= 11 is 0. The van der Waals surface area contributed by atoms with E-state index in [9.17, 15) is 4.79 Å². The number of nitrogen functional groups attached to an aromatic ring is 1. The predicted molar refractivity (Wildman–Crippen MR) is 52.1 cm³/mol. The lowest BCUT2D eigenvalue weighted by Crippen LogP contribution is -1.99. The Bertz CT molecular complexity index is 516. The van der Waals surface area contributed by atoms with Crippen molar-refractivity contribution < 1.29 is 9.90 Å². The number of carboxylic acid groups (broad SMARTS) is 1. The summed E-state index contributed by atoms with van der Waals surface area (Å²) in [5, 5.41) is 13.5. The van der Waals surface area contributed by atoms with Crippen LogP contribution in [0.1, 0.15) is 10.4 Å². The van der Waals surface area contributed by atoms with Gasteiger partial charge in [0.15, 0.2) is 0 Å². The second-order valence-electron chi connectivity index (χ2n) is 3.07. The van der Waals surface area contributed by atoms with Crippen LogP contribution in [0.15, 0.2) is 18.3 Å². The zero-order valence-electron chi connectivity index (χ0n) is 7.56. The maximum Gasteiger partial charge on any atom is 0.336 e. The SMILES string of the molecule is Cn1ncc2c(C(=O)O)cc(N)cc21. The zero-order valence-corrected chi connectivity index (χ0v) is 7.56. The minimum absolute atomic E-state index is 0.188. The zero-order chi connectivity index (χ0) is 10.3. The van der Waals surface area contributed by atoms with Gasteiger partial charge in [-0.05, 0) is 12.1 Å². The molecule has 3 N–H and O–H groups in total. The maximum atomic E-state index is 10.9. The van der Waals surface area contributed by atoms with Gasteiger partial charge in [-0.1, -0.05) is 0 Å². The van der Waals surface area contributed by atoms with Crippen LogP contribution >= 0.6 is 0 Å². The van der Waals surface area contributed by atoms with E-state index in [4.69, 9.17) is 10.8 Å². The third-order valence-electron chi connectivity index (χ3n) is 2.12. The predicted octanol–water partition coefficient (Wildman–Crippen LogP) is 0.854. The Balaban J connectivity index is 2.88. The molecule has 5 nitrogen and oxygen atoms in total. The van der Waals surface area contributed by atoms with Gasteiger partial charge in [-0.2, -0.15) is 5.10 Å². The molecule has 1 aromatic heterocycles. The van der Waals surface area contributed by atoms with Crippen LogP contribution in [0, 0.1) is 0 Å². The van der Waals surface area contributed by atoms with Crippen LogP contribution in [0.2, 0.25) is 0 Å². The third kappa shape index (κ3) is 1.10. The fourth-order valence-electron chi connectivity index (χ4n) is 1.45. The number of benzene rings is 1. The number of nitrogens with two attached hydrogens (primary N) is 1. The van der Waals surface area contributed by atoms with Crippen molar-refractivity contribution in [3.05, 3.63) is 23.9 Å². The fraction of sp³-hybridized carbons (Fsp3) is 0.111. The summed E-state index contributed by atoms with van der Waals surface area (Å²) in [6.07, 6.45) is 1.53. The van der Waals surface area contributed by atoms with Crippen molar-refractivity contribution in [2.75, 3.05) is 5.73 Å². The molecule has 72 valence electrons. The highest BCUT2D eigenvalue weighted by atomic mass is 16.4. The van der Waals surface area contributed by atoms with Crippen molar-refractivity contribution in [3.8, 4) is 0 Å². The fourth-order valence-corrected chi connectivity index (χ4v) is 1.45. The van der Waals surface area contributed by atoms with Crippen LogP contribution in [0.5, 0.6) is 0 Å². The number of aromatic carboxylic acids is 1. The van der Waals surface area contributed by atoms with Gasteiger partial charge in [0.2, 0.25) is 0 Å². The number of nitrogens with zero attached hydrogens (tertiary/aromatic N) is 2. The summed E-state index contributed by atoms with van der Waals surface area (Å²) in [7, 11) is 1.74. The van der Waals surface area contributed by atoms with Gasteiger partial charge in [-0.15, -0.1) is 0 Å². The van der Waals surface area contributed by atoms with Crippen molar-refractivity contribution in [3.63, 3.8) is 0 Å². The van der Waals surface area contributed by atoms with E-state index in [-0.39, 0.29) is 5.56 Å². The summed E-state index contributed by atoms with van der Waals surface area (Å²) in [4.78, 5) is 10.9.